The van der Waals surface area contributed by atoms with Gasteiger partial charge < -0.3 is 29.2 Å². The summed E-state index contributed by atoms with van der Waals surface area (Å²) in [6, 6.07) is 12.8. The third-order valence-electron chi connectivity index (χ3n) is 3.98. The molecule has 1 aliphatic heterocycles. The topological polar surface area (TPSA) is 116 Å². The van der Waals surface area contributed by atoms with Crippen molar-refractivity contribution in [2.75, 3.05) is 19.9 Å². The van der Waals surface area contributed by atoms with Crippen molar-refractivity contribution in [3.8, 4) is 28.6 Å². The molecule has 0 radical (unpaired) electrons. The van der Waals surface area contributed by atoms with Gasteiger partial charge in [-0.05, 0) is 17.7 Å². The Morgan fingerprint density at radius 2 is 1.96 bits per heavy atom. The highest BCUT2D eigenvalue weighted by Gasteiger charge is 2.16. The summed E-state index contributed by atoms with van der Waals surface area (Å²) >= 11 is 0. The molecule has 0 atom stereocenters. The van der Waals surface area contributed by atoms with Gasteiger partial charge in [-0.1, -0.05) is 29.4 Å². The molecule has 0 fully saturated rings. The normalized spacial score (nSPS) is 12.0. The number of aliphatic hydroxyl groups is 1. The fourth-order valence-electron chi connectivity index (χ4n) is 2.56. The summed E-state index contributed by atoms with van der Waals surface area (Å²) in [5, 5.41) is 15.0. The quantitative estimate of drug-likeness (QED) is 0.634. The van der Waals surface area contributed by atoms with Gasteiger partial charge in [-0.25, -0.2) is 0 Å². The molecule has 0 saturated heterocycles. The van der Waals surface area contributed by atoms with Crippen LogP contribution in [0.25, 0.3) is 11.4 Å². The Morgan fingerprint density at radius 1 is 1.14 bits per heavy atom. The minimum Gasteiger partial charge on any atom is -0.489 e. The molecule has 0 bridgehead atoms. The summed E-state index contributed by atoms with van der Waals surface area (Å²) in [7, 11) is 0. The first-order valence-electron chi connectivity index (χ1n) is 8.57. The molecule has 1 amide bonds. The number of hydrogen-bond acceptors (Lipinski definition) is 8. The molecule has 144 valence electrons. The van der Waals surface area contributed by atoms with E-state index >= 15 is 0 Å². The van der Waals surface area contributed by atoms with Crippen molar-refractivity contribution in [1.82, 2.24) is 15.5 Å². The predicted molar refractivity (Wildman–Crippen MR) is 96.1 cm³/mol. The summed E-state index contributed by atoms with van der Waals surface area (Å²) in [6.07, 6.45) is 0. The lowest BCUT2D eigenvalue weighted by Crippen LogP contribution is -2.26. The molecule has 9 nitrogen and oxygen atoms in total. The number of nitrogens with zero attached hydrogens (tertiary/aromatic N) is 2. The molecule has 1 aromatic heterocycles. The molecule has 28 heavy (non-hydrogen) atoms. The number of nitrogens with one attached hydrogen (secondary N) is 1. The molecular weight excluding hydrogens is 366 g/mol. The van der Waals surface area contributed by atoms with Gasteiger partial charge in [0.05, 0.1) is 6.61 Å². The van der Waals surface area contributed by atoms with Gasteiger partial charge in [0.25, 0.3) is 0 Å². The number of ether oxygens (including phenoxy) is 3. The first-order valence-corrected chi connectivity index (χ1v) is 8.57. The van der Waals surface area contributed by atoms with Gasteiger partial charge in [0, 0.05) is 18.2 Å². The van der Waals surface area contributed by atoms with E-state index < -0.39 is 5.91 Å². The summed E-state index contributed by atoms with van der Waals surface area (Å²) < 4.78 is 21.3. The van der Waals surface area contributed by atoms with Crippen LogP contribution < -0.4 is 19.5 Å². The van der Waals surface area contributed by atoms with Gasteiger partial charge in [-0.2, -0.15) is 4.98 Å². The monoisotopic (exact) mass is 383 g/mol. The van der Waals surface area contributed by atoms with E-state index in [-0.39, 0.29) is 25.8 Å². The van der Waals surface area contributed by atoms with Crippen LogP contribution in [0.5, 0.6) is 17.2 Å². The maximum absolute atomic E-state index is 11.7. The van der Waals surface area contributed by atoms with Gasteiger partial charge >= 0.3 is 11.8 Å². The maximum Gasteiger partial charge on any atom is 0.316 e. The molecule has 2 aromatic carbocycles. The van der Waals surface area contributed by atoms with Crippen molar-refractivity contribution < 1.29 is 28.6 Å². The van der Waals surface area contributed by atoms with E-state index in [1.165, 1.54) is 0 Å². The molecule has 0 saturated carbocycles. The number of fused-ring (bicyclic) bond motifs is 1. The highest BCUT2D eigenvalue weighted by atomic mass is 16.7. The lowest BCUT2D eigenvalue weighted by atomic mass is 10.1. The van der Waals surface area contributed by atoms with Crippen LogP contribution in [-0.4, -0.2) is 41.1 Å². The number of aliphatic hydroxyl groups excluding tert-OH is 1. The molecule has 0 spiro atoms. The Hall–Kier alpha value is -3.59. The second-order valence-electron chi connectivity index (χ2n) is 5.90. The van der Waals surface area contributed by atoms with Crippen molar-refractivity contribution >= 4 is 5.91 Å². The number of benzene rings is 2. The van der Waals surface area contributed by atoms with Gasteiger partial charge in [0.1, 0.15) is 12.4 Å². The average Bonchev–Trinajstić information content (AvgIpc) is 3.40. The number of aromatic nitrogens is 2. The Balaban J connectivity index is 1.37. The smallest absolute Gasteiger partial charge is 0.316 e. The van der Waals surface area contributed by atoms with Crippen molar-refractivity contribution in [2.24, 2.45) is 0 Å². The Bertz CT molecular complexity index is 970. The average molecular weight is 383 g/mol. The molecule has 2 heterocycles. The maximum atomic E-state index is 11.7. The van der Waals surface area contributed by atoms with Crippen molar-refractivity contribution in [1.29, 1.82) is 0 Å². The lowest BCUT2D eigenvalue weighted by Gasteiger charge is -2.07. The van der Waals surface area contributed by atoms with E-state index in [1.54, 1.807) is 6.07 Å². The Labute approximate surface area is 159 Å². The summed E-state index contributed by atoms with van der Waals surface area (Å²) in [4.78, 5) is 15.8. The Morgan fingerprint density at radius 3 is 2.79 bits per heavy atom. The third kappa shape index (κ3) is 3.89. The predicted octanol–water partition coefficient (Wildman–Crippen LogP) is 1.77. The second-order valence-corrected chi connectivity index (χ2v) is 5.90. The number of carbonyl (C=O) groups is 1. The number of carbonyl (C=O) groups excluding carboxylic acids is 1. The molecule has 0 unspecified atom stereocenters. The van der Waals surface area contributed by atoms with E-state index in [9.17, 15) is 4.79 Å². The highest BCUT2D eigenvalue weighted by Crippen LogP contribution is 2.35. The van der Waals surface area contributed by atoms with Crippen molar-refractivity contribution in [3.05, 3.63) is 53.9 Å². The largest absolute Gasteiger partial charge is 0.489 e. The number of hydrogen-bond donors (Lipinski definition) is 2. The zero-order valence-electron chi connectivity index (χ0n) is 14.8. The zero-order chi connectivity index (χ0) is 19.3. The van der Waals surface area contributed by atoms with Crippen LogP contribution in [0.1, 0.15) is 16.2 Å². The van der Waals surface area contributed by atoms with Crippen molar-refractivity contribution in [2.45, 2.75) is 6.61 Å². The van der Waals surface area contributed by atoms with E-state index in [1.807, 2.05) is 36.4 Å². The molecule has 4 rings (SSSR count). The van der Waals surface area contributed by atoms with Crippen LogP contribution in [0.2, 0.25) is 0 Å². The summed E-state index contributed by atoms with van der Waals surface area (Å²) in [5.74, 6) is 1.69. The van der Waals surface area contributed by atoms with Crippen molar-refractivity contribution in [3.63, 3.8) is 0 Å². The lowest BCUT2D eigenvalue weighted by molar-refractivity contribution is 0.0901. The fraction of sp³-hybridized carbons (Fsp3) is 0.211. The first kappa shape index (κ1) is 17.8. The van der Waals surface area contributed by atoms with Gasteiger partial charge in [0.15, 0.2) is 11.5 Å². The fourth-order valence-corrected chi connectivity index (χ4v) is 2.56. The SMILES string of the molecule is O=C(NCCO)c1nc(-c2ccc(COc3ccc4c(c3)OCO4)cc2)no1. The van der Waals surface area contributed by atoms with Gasteiger partial charge in [-0.15, -0.1) is 0 Å². The first-order chi connectivity index (χ1) is 13.7. The van der Waals surface area contributed by atoms with Gasteiger partial charge in [-0.3, -0.25) is 4.79 Å². The van der Waals surface area contributed by atoms with Crippen LogP contribution in [0.3, 0.4) is 0 Å². The zero-order valence-corrected chi connectivity index (χ0v) is 14.8. The number of amides is 1. The third-order valence-corrected chi connectivity index (χ3v) is 3.98. The molecule has 1 aliphatic rings. The minimum absolute atomic E-state index is 0.120. The number of rotatable bonds is 7. The summed E-state index contributed by atoms with van der Waals surface area (Å²) in [5.41, 5.74) is 1.66. The van der Waals surface area contributed by atoms with Crippen LogP contribution in [0, 0.1) is 0 Å². The molecule has 3 aromatic rings. The van der Waals surface area contributed by atoms with E-state index in [0.717, 1.165) is 5.56 Å². The minimum atomic E-state index is -0.526. The molecule has 0 aliphatic carbocycles. The van der Waals surface area contributed by atoms with Crippen LogP contribution in [0.15, 0.2) is 47.0 Å². The standard InChI is InChI=1S/C19H17N3O6/c23-8-7-20-18(24)19-21-17(22-28-19)13-3-1-12(2-4-13)10-25-14-5-6-15-16(9-14)27-11-26-15/h1-6,9,23H,7-8,10-11H2,(H,20,24). The second kappa shape index (κ2) is 7.97. The van der Waals surface area contributed by atoms with Crippen LogP contribution in [0.4, 0.5) is 0 Å². The van der Waals surface area contributed by atoms with E-state index in [2.05, 4.69) is 15.5 Å². The molecule has 2 N–H and O–H groups in total. The van der Waals surface area contributed by atoms with E-state index in [0.29, 0.717) is 35.2 Å². The molecule has 9 heteroatoms. The van der Waals surface area contributed by atoms with E-state index in [4.69, 9.17) is 23.8 Å². The Kier molecular flexibility index (Phi) is 5.07. The van der Waals surface area contributed by atoms with Gasteiger partial charge in [0.2, 0.25) is 12.6 Å². The van der Waals surface area contributed by atoms with Crippen LogP contribution in [-0.2, 0) is 6.61 Å². The summed E-state index contributed by atoms with van der Waals surface area (Å²) in [6.45, 7) is 0.555. The van der Waals surface area contributed by atoms with Crippen LogP contribution >= 0.6 is 0 Å². The highest BCUT2D eigenvalue weighted by molar-refractivity contribution is 5.89. The molecular formula is C19H17N3O6.